The molecule has 0 aliphatic heterocycles. The highest BCUT2D eigenvalue weighted by molar-refractivity contribution is 9.11. The van der Waals surface area contributed by atoms with Gasteiger partial charge in [-0.05, 0) is 66.3 Å². The van der Waals surface area contributed by atoms with Crippen molar-refractivity contribution in [1.82, 2.24) is 4.90 Å². The molecule has 1 N–H and O–H groups in total. The zero-order valence-electron chi connectivity index (χ0n) is 12.8. The van der Waals surface area contributed by atoms with Gasteiger partial charge in [-0.2, -0.15) is 0 Å². The fourth-order valence-electron chi connectivity index (χ4n) is 1.94. The van der Waals surface area contributed by atoms with E-state index in [9.17, 15) is 4.79 Å². The summed E-state index contributed by atoms with van der Waals surface area (Å²) in [7, 11) is 3.57. The van der Waals surface area contributed by atoms with Gasteiger partial charge in [-0.25, -0.2) is 0 Å². The molecule has 0 spiro atoms. The molecule has 0 bridgehead atoms. The number of nitrogens with zero attached hydrogens (tertiary/aromatic N) is 1. The molecule has 4 nitrogen and oxygen atoms in total. The predicted octanol–water partition coefficient (Wildman–Crippen LogP) is 3.98. The number of benzene rings is 1. The lowest BCUT2D eigenvalue weighted by Gasteiger charge is -2.23. The molecule has 0 aliphatic carbocycles. The number of ether oxygens (including phenoxy) is 1. The minimum Gasteiger partial charge on any atom is -0.497 e. The Bertz CT molecular complexity index is 627. The second-order valence-corrected chi connectivity index (χ2v) is 7.56. The van der Waals surface area contributed by atoms with Gasteiger partial charge in [0.25, 0.3) is 0 Å². The first-order valence-corrected chi connectivity index (χ1v) is 8.50. The molecular formula is C16H19BrN2O2S. The van der Waals surface area contributed by atoms with Crippen LogP contribution in [-0.4, -0.2) is 31.0 Å². The van der Waals surface area contributed by atoms with Crippen LogP contribution in [0.25, 0.3) is 0 Å². The minimum atomic E-state index is -0.219. The second kappa shape index (κ2) is 7.76. The van der Waals surface area contributed by atoms with Crippen molar-refractivity contribution in [3.05, 3.63) is 45.1 Å². The van der Waals surface area contributed by atoms with E-state index in [1.807, 2.05) is 49.2 Å². The summed E-state index contributed by atoms with van der Waals surface area (Å²) < 4.78 is 6.21. The maximum Gasteiger partial charge on any atom is 0.241 e. The number of thiophene rings is 1. The molecule has 22 heavy (non-hydrogen) atoms. The molecule has 0 saturated heterocycles. The summed E-state index contributed by atoms with van der Waals surface area (Å²) >= 11 is 5.14. The van der Waals surface area contributed by atoms with Crippen molar-refractivity contribution in [2.75, 3.05) is 19.5 Å². The van der Waals surface area contributed by atoms with Crippen molar-refractivity contribution in [2.24, 2.45) is 0 Å². The van der Waals surface area contributed by atoms with Crippen molar-refractivity contribution in [3.63, 3.8) is 0 Å². The molecule has 118 valence electrons. The largest absolute Gasteiger partial charge is 0.497 e. The molecule has 1 atom stereocenters. The maximum atomic E-state index is 12.3. The van der Waals surface area contributed by atoms with E-state index in [-0.39, 0.29) is 11.9 Å². The summed E-state index contributed by atoms with van der Waals surface area (Å²) in [6, 6.07) is 11.2. The Morgan fingerprint density at radius 3 is 2.55 bits per heavy atom. The number of methoxy groups -OCH3 is 1. The van der Waals surface area contributed by atoms with Gasteiger partial charge >= 0.3 is 0 Å². The summed E-state index contributed by atoms with van der Waals surface area (Å²) in [5.41, 5.74) is 0.768. The van der Waals surface area contributed by atoms with Gasteiger partial charge in [0.05, 0.1) is 16.9 Å². The zero-order chi connectivity index (χ0) is 16.1. The van der Waals surface area contributed by atoms with Crippen molar-refractivity contribution in [3.8, 4) is 5.75 Å². The van der Waals surface area contributed by atoms with Crippen molar-refractivity contribution in [1.29, 1.82) is 0 Å². The SMILES string of the molecule is COc1ccc(NC(=O)[C@H](C)N(C)Cc2ccc(Br)s2)cc1. The van der Waals surface area contributed by atoms with Gasteiger partial charge in [-0.3, -0.25) is 9.69 Å². The van der Waals surface area contributed by atoms with Gasteiger partial charge in [0.2, 0.25) is 5.91 Å². The Balaban J connectivity index is 1.92. The fourth-order valence-corrected chi connectivity index (χ4v) is 3.49. The average molecular weight is 383 g/mol. The molecule has 0 fully saturated rings. The average Bonchev–Trinajstić information content (AvgIpc) is 2.92. The molecule has 6 heteroatoms. The van der Waals surface area contributed by atoms with Crippen LogP contribution in [0, 0.1) is 0 Å². The van der Waals surface area contributed by atoms with E-state index in [0.717, 1.165) is 21.8 Å². The number of nitrogens with one attached hydrogen (secondary N) is 1. The third-order valence-corrected chi connectivity index (χ3v) is 5.04. The fraction of sp³-hybridized carbons (Fsp3) is 0.312. The van der Waals surface area contributed by atoms with Crippen LogP contribution in [0.1, 0.15) is 11.8 Å². The first kappa shape index (κ1) is 17.0. The topological polar surface area (TPSA) is 41.6 Å². The van der Waals surface area contributed by atoms with Gasteiger partial charge in [0.1, 0.15) is 5.75 Å². The molecule has 0 radical (unpaired) electrons. The maximum absolute atomic E-state index is 12.3. The third-order valence-electron chi connectivity index (χ3n) is 3.43. The second-order valence-electron chi connectivity index (χ2n) is 5.01. The lowest BCUT2D eigenvalue weighted by Crippen LogP contribution is -2.39. The van der Waals surface area contributed by atoms with Gasteiger partial charge in [-0.1, -0.05) is 0 Å². The molecular weight excluding hydrogens is 364 g/mol. The van der Waals surface area contributed by atoms with Gasteiger partial charge in [0, 0.05) is 17.1 Å². The Morgan fingerprint density at radius 1 is 1.32 bits per heavy atom. The van der Waals surface area contributed by atoms with E-state index in [1.165, 1.54) is 4.88 Å². The Kier molecular flexibility index (Phi) is 5.99. The van der Waals surface area contributed by atoms with Crippen molar-refractivity contribution < 1.29 is 9.53 Å². The number of anilines is 1. The Morgan fingerprint density at radius 2 is 2.00 bits per heavy atom. The quantitative estimate of drug-likeness (QED) is 0.821. The van der Waals surface area contributed by atoms with Crippen LogP contribution < -0.4 is 10.1 Å². The number of amides is 1. The normalized spacial score (nSPS) is 12.2. The highest BCUT2D eigenvalue weighted by atomic mass is 79.9. The van der Waals surface area contributed by atoms with Crippen LogP contribution in [-0.2, 0) is 11.3 Å². The van der Waals surface area contributed by atoms with E-state index < -0.39 is 0 Å². The molecule has 1 aromatic carbocycles. The van der Waals surface area contributed by atoms with Crippen LogP contribution in [0.15, 0.2) is 40.2 Å². The number of halogens is 1. The highest BCUT2D eigenvalue weighted by Crippen LogP contribution is 2.23. The molecule has 2 aromatic rings. The van der Waals surface area contributed by atoms with Crippen molar-refractivity contribution >= 4 is 38.9 Å². The summed E-state index contributed by atoms with van der Waals surface area (Å²) in [5.74, 6) is 0.745. The molecule has 0 aliphatic rings. The number of hydrogen-bond acceptors (Lipinski definition) is 4. The van der Waals surface area contributed by atoms with E-state index in [4.69, 9.17) is 4.74 Å². The molecule has 1 aromatic heterocycles. The third kappa shape index (κ3) is 4.56. The first-order chi connectivity index (χ1) is 10.5. The summed E-state index contributed by atoms with van der Waals surface area (Å²) in [4.78, 5) is 15.6. The van der Waals surface area contributed by atoms with E-state index in [0.29, 0.717) is 0 Å². The van der Waals surface area contributed by atoms with Crippen LogP contribution in [0.5, 0.6) is 5.75 Å². The molecule has 0 saturated carbocycles. The van der Waals surface area contributed by atoms with Crippen LogP contribution in [0.2, 0.25) is 0 Å². The van der Waals surface area contributed by atoms with Crippen molar-refractivity contribution in [2.45, 2.75) is 19.5 Å². The smallest absolute Gasteiger partial charge is 0.241 e. The van der Waals surface area contributed by atoms with Crippen LogP contribution in [0.4, 0.5) is 5.69 Å². The summed E-state index contributed by atoms with van der Waals surface area (Å²) in [6.45, 7) is 2.65. The standard InChI is InChI=1S/C16H19BrN2O2S/c1-11(19(2)10-14-8-9-15(17)22-14)16(20)18-12-4-6-13(21-3)7-5-12/h4-9,11H,10H2,1-3H3,(H,18,20)/t11-/m0/s1. The Hall–Kier alpha value is -1.37. The molecule has 1 amide bonds. The summed E-state index contributed by atoms with van der Waals surface area (Å²) in [6.07, 6.45) is 0. The number of carbonyl (C=O) groups is 1. The van der Waals surface area contributed by atoms with Gasteiger partial charge in [-0.15, -0.1) is 11.3 Å². The van der Waals surface area contributed by atoms with E-state index in [2.05, 4.69) is 27.3 Å². The number of rotatable bonds is 6. The zero-order valence-corrected chi connectivity index (χ0v) is 15.2. The highest BCUT2D eigenvalue weighted by Gasteiger charge is 2.18. The minimum absolute atomic E-state index is 0.0247. The van der Waals surface area contributed by atoms with E-state index in [1.54, 1.807) is 18.4 Å². The summed E-state index contributed by atoms with van der Waals surface area (Å²) in [5, 5.41) is 2.92. The number of hydrogen-bond donors (Lipinski definition) is 1. The number of carbonyl (C=O) groups excluding carboxylic acids is 1. The van der Waals surface area contributed by atoms with E-state index >= 15 is 0 Å². The predicted molar refractivity (Wildman–Crippen MR) is 94.6 cm³/mol. The monoisotopic (exact) mass is 382 g/mol. The molecule has 0 unspecified atom stereocenters. The Labute approximate surface area is 143 Å². The lowest BCUT2D eigenvalue weighted by atomic mass is 10.2. The van der Waals surface area contributed by atoms with Gasteiger partial charge < -0.3 is 10.1 Å². The molecule has 1 heterocycles. The molecule has 2 rings (SSSR count). The van der Waals surface area contributed by atoms with Crippen LogP contribution >= 0.6 is 27.3 Å². The van der Waals surface area contributed by atoms with Gasteiger partial charge in [0.15, 0.2) is 0 Å². The first-order valence-electron chi connectivity index (χ1n) is 6.89. The van der Waals surface area contributed by atoms with Crippen LogP contribution in [0.3, 0.4) is 0 Å². The lowest BCUT2D eigenvalue weighted by molar-refractivity contribution is -0.120. The number of likely N-dealkylation sites (N-methyl/N-ethyl adjacent to an activating group) is 1.